The molecule has 4 heterocycles. The highest BCUT2D eigenvalue weighted by Crippen LogP contribution is 2.48. The molecule has 1 aromatic carbocycles. The first-order chi connectivity index (χ1) is 19.2. The summed E-state index contributed by atoms with van der Waals surface area (Å²) in [6.45, 7) is 0.295. The highest BCUT2D eigenvalue weighted by Gasteiger charge is 2.57. The first-order valence-corrected chi connectivity index (χ1v) is 14.3. The summed E-state index contributed by atoms with van der Waals surface area (Å²) in [5.74, 6) is -3.75. The zero-order valence-electron chi connectivity index (χ0n) is 21.1. The summed E-state index contributed by atoms with van der Waals surface area (Å²) in [5.41, 5.74) is 3.02. The Morgan fingerprint density at radius 2 is 1.93 bits per heavy atom. The fraction of sp³-hybridized carbons (Fsp3) is 0.286. The fourth-order valence-electron chi connectivity index (χ4n) is 4.41. The lowest BCUT2D eigenvalue weighted by Gasteiger charge is -2.10. The van der Waals surface area contributed by atoms with Gasteiger partial charge in [-0.3, -0.25) is 9.78 Å². The van der Waals surface area contributed by atoms with E-state index in [4.69, 9.17) is 9.47 Å². The Hall–Kier alpha value is -4.03. The van der Waals surface area contributed by atoms with E-state index in [0.717, 1.165) is 5.39 Å². The summed E-state index contributed by atoms with van der Waals surface area (Å²) in [5, 5.41) is 3.56. The Bertz CT molecular complexity index is 1730. The molecule has 1 atom stereocenters. The minimum absolute atomic E-state index is 0.0922. The van der Waals surface area contributed by atoms with Crippen molar-refractivity contribution in [2.24, 2.45) is 5.92 Å². The average molecular weight is 567 g/mol. The maximum Gasteiger partial charge on any atom is 0.255 e. The molecule has 1 amide bonds. The Morgan fingerprint density at radius 1 is 1.10 bits per heavy atom. The number of sulfone groups is 1. The predicted octanol–water partition coefficient (Wildman–Crippen LogP) is 3.96. The average Bonchev–Trinajstić information content (AvgIpc) is 3.61. The molecule has 1 N–H and O–H groups in total. The second kappa shape index (κ2) is 10.2. The topological polar surface area (TPSA) is 120 Å². The monoisotopic (exact) mass is 566 g/mol. The van der Waals surface area contributed by atoms with Crippen LogP contribution in [0.1, 0.15) is 28.0 Å². The SMILES string of the molecule is O=C(NCc1cc2nc(-c3cccc(OCC4CC4(F)F)n3)ccc2cn1)c1ccc2c(c1)S(=O)(=O)CCOC2. The zero-order chi connectivity index (χ0) is 27.9. The number of hydrogen-bond donors (Lipinski definition) is 1. The predicted molar refractivity (Wildman–Crippen MR) is 141 cm³/mol. The van der Waals surface area contributed by atoms with Gasteiger partial charge in [-0.05, 0) is 42.0 Å². The quantitative estimate of drug-likeness (QED) is 0.357. The van der Waals surface area contributed by atoms with Gasteiger partial charge >= 0.3 is 0 Å². The van der Waals surface area contributed by atoms with Gasteiger partial charge < -0.3 is 14.8 Å². The van der Waals surface area contributed by atoms with E-state index in [1.54, 1.807) is 48.7 Å². The van der Waals surface area contributed by atoms with E-state index in [2.05, 4.69) is 20.3 Å². The number of carbonyl (C=O) groups excluding carboxylic acids is 1. The van der Waals surface area contributed by atoms with Gasteiger partial charge in [0.25, 0.3) is 11.8 Å². The molecule has 9 nitrogen and oxygen atoms in total. The van der Waals surface area contributed by atoms with Gasteiger partial charge in [-0.15, -0.1) is 0 Å². The van der Waals surface area contributed by atoms with Crippen molar-refractivity contribution in [2.75, 3.05) is 19.0 Å². The number of aromatic nitrogens is 3. The summed E-state index contributed by atoms with van der Waals surface area (Å²) in [7, 11) is -3.53. The molecule has 40 heavy (non-hydrogen) atoms. The van der Waals surface area contributed by atoms with Gasteiger partial charge in [-0.2, -0.15) is 0 Å². The van der Waals surface area contributed by atoms with Crippen LogP contribution in [0.3, 0.4) is 0 Å². The van der Waals surface area contributed by atoms with Crippen LogP contribution in [0.15, 0.2) is 65.7 Å². The minimum Gasteiger partial charge on any atom is -0.477 e. The number of fused-ring (bicyclic) bond motifs is 2. The molecule has 1 unspecified atom stereocenters. The summed E-state index contributed by atoms with van der Waals surface area (Å²) < 4.78 is 62.2. The number of pyridine rings is 3. The Kier molecular flexibility index (Phi) is 6.67. The number of carbonyl (C=O) groups is 1. The lowest BCUT2D eigenvalue weighted by Crippen LogP contribution is -2.23. The molecule has 1 aliphatic carbocycles. The molecule has 0 spiro atoms. The van der Waals surface area contributed by atoms with Crippen molar-refractivity contribution in [1.29, 1.82) is 0 Å². The van der Waals surface area contributed by atoms with Crippen LogP contribution in [-0.4, -0.2) is 54.2 Å². The van der Waals surface area contributed by atoms with Crippen LogP contribution in [0.5, 0.6) is 5.88 Å². The summed E-state index contributed by atoms with van der Waals surface area (Å²) in [4.78, 5) is 26.4. The number of rotatable bonds is 7. The van der Waals surface area contributed by atoms with Gasteiger partial charge in [0.1, 0.15) is 0 Å². The van der Waals surface area contributed by atoms with Crippen LogP contribution in [-0.2, 0) is 27.7 Å². The molecule has 1 fully saturated rings. The molecule has 12 heteroatoms. The van der Waals surface area contributed by atoms with Gasteiger partial charge in [-0.1, -0.05) is 12.1 Å². The largest absolute Gasteiger partial charge is 0.477 e. The summed E-state index contributed by atoms with van der Waals surface area (Å²) in [6.07, 6.45) is 1.48. The molecule has 1 saturated carbocycles. The van der Waals surface area contributed by atoms with E-state index in [1.807, 2.05) is 6.07 Å². The van der Waals surface area contributed by atoms with Crippen molar-refractivity contribution in [3.05, 3.63) is 77.6 Å². The van der Waals surface area contributed by atoms with E-state index < -0.39 is 27.6 Å². The molecular formula is C28H24F2N4O5S. The number of halogens is 2. The molecule has 4 aromatic rings. The van der Waals surface area contributed by atoms with Gasteiger partial charge in [0.15, 0.2) is 9.84 Å². The van der Waals surface area contributed by atoms with Crippen LogP contribution in [0.4, 0.5) is 8.78 Å². The lowest BCUT2D eigenvalue weighted by molar-refractivity contribution is 0.0849. The van der Waals surface area contributed by atoms with Crippen molar-refractivity contribution in [3.63, 3.8) is 0 Å². The second-order valence-corrected chi connectivity index (χ2v) is 11.9. The Labute approximate surface area is 228 Å². The molecule has 0 saturated heterocycles. The van der Waals surface area contributed by atoms with E-state index in [9.17, 15) is 22.0 Å². The second-order valence-electron chi connectivity index (χ2n) is 9.78. The smallest absolute Gasteiger partial charge is 0.255 e. The molecule has 2 aliphatic rings. The third kappa shape index (κ3) is 5.50. The Morgan fingerprint density at radius 3 is 2.75 bits per heavy atom. The Balaban J connectivity index is 1.16. The van der Waals surface area contributed by atoms with Crippen molar-refractivity contribution >= 4 is 26.6 Å². The summed E-state index contributed by atoms with van der Waals surface area (Å²) in [6, 6.07) is 15.0. The van der Waals surface area contributed by atoms with Crippen molar-refractivity contribution < 1.29 is 31.5 Å². The van der Waals surface area contributed by atoms with Crippen LogP contribution in [0.2, 0.25) is 0 Å². The van der Waals surface area contributed by atoms with Crippen LogP contribution >= 0.6 is 0 Å². The minimum atomic E-state index is -3.53. The first kappa shape index (κ1) is 26.2. The maximum absolute atomic E-state index is 13.1. The molecule has 6 rings (SSSR count). The van der Waals surface area contributed by atoms with Gasteiger partial charge in [0.2, 0.25) is 5.88 Å². The van der Waals surface area contributed by atoms with Crippen LogP contribution in [0.25, 0.3) is 22.3 Å². The van der Waals surface area contributed by atoms with E-state index in [-0.39, 0.29) is 54.9 Å². The molecule has 1 aliphatic heterocycles. The number of nitrogens with zero attached hydrogens (tertiary/aromatic N) is 3. The lowest BCUT2D eigenvalue weighted by atomic mass is 10.1. The molecule has 0 bridgehead atoms. The molecular weight excluding hydrogens is 542 g/mol. The molecule has 0 radical (unpaired) electrons. The normalized spacial score (nSPS) is 18.9. The zero-order valence-corrected chi connectivity index (χ0v) is 22.0. The van der Waals surface area contributed by atoms with Gasteiger partial charge in [-0.25, -0.2) is 27.2 Å². The number of nitrogens with one attached hydrogen (secondary N) is 1. The van der Waals surface area contributed by atoms with Gasteiger partial charge in [0, 0.05) is 29.6 Å². The molecule has 206 valence electrons. The van der Waals surface area contributed by atoms with Crippen molar-refractivity contribution in [2.45, 2.75) is 30.4 Å². The number of hydrogen-bond acceptors (Lipinski definition) is 8. The van der Waals surface area contributed by atoms with Crippen molar-refractivity contribution in [3.8, 4) is 17.3 Å². The standard InChI is InChI=1S/C28H24F2N4O5S/c29-28(30)12-20(28)16-39-26-3-1-2-22(34-26)23-7-6-18-13-31-21(11-24(18)33-23)14-32-27(35)17-4-5-19-15-38-8-9-40(36,37)25(19)10-17/h1-7,10-11,13,20H,8-9,12,14-16H2,(H,32,35). The van der Waals surface area contributed by atoms with E-state index in [1.165, 1.54) is 6.07 Å². The maximum atomic E-state index is 13.1. The third-order valence-corrected chi connectivity index (χ3v) is 8.61. The number of benzene rings is 1. The number of ether oxygens (including phenoxy) is 2. The highest BCUT2D eigenvalue weighted by molar-refractivity contribution is 7.91. The first-order valence-electron chi connectivity index (χ1n) is 12.6. The van der Waals surface area contributed by atoms with Crippen molar-refractivity contribution in [1.82, 2.24) is 20.3 Å². The highest BCUT2D eigenvalue weighted by atomic mass is 32.2. The number of amides is 1. The molecule has 3 aromatic heterocycles. The summed E-state index contributed by atoms with van der Waals surface area (Å²) >= 11 is 0. The van der Waals surface area contributed by atoms with E-state index >= 15 is 0 Å². The number of alkyl halides is 2. The third-order valence-electron chi connectivity index (χ3n) is 6.85. The van der Waals surface area contributed by atoms with Gasteiger partial charge in [0.05, 0.1) is 65.5 Å². The van der Waals surface area contributed by atoms with Crippen LogP contribution in [0, 0.1) is 5.92 Å². The van der Waals surface area contributed by atoms with E-state index in [0.29, 0.717) is 28.2 Å². The van der Waals surface area contributed by atoms with Crippen LogP contribution < -0.4 is 10.1 Å². The fourth-order valence-corrected chi connectivity index (χ4v) is 5.80.